The number of rotatable bonds is 6. The van der Waals surface area contributed by atoms with E-state index < -0.39 is 5.97 Å². The Kier molecular flexibility index (Phi) is 7.34. The Labute approximate surface area is 216 Å². The van der Waals surface area contributed by atoms with Gasteiger partial charge in [0.05, 0.1) is 17.6 Å². The molecule has 36 heavy (non-hydrogen) atoms. The molecule has 2 aromatic rings. The molecular formula is C30H44N4O2. The number of hydrogen-bond donors (Lipinski definition) is 1. The van der Waals surface area contributed by atoms with E-state index in [0.717, 1.165) is 49.3 Å². The van der Waals surface area contributed by atoms with Crippen LogP contribution in [0.4, 0.5) is 0 Å². The van der Waals surface area contributed by atoms with Crippen molar-refractivity contribution in [3.8, 4) is 0 Å². The van der Waals surface area contributed by atoms with Crippen LogP contribution in [0.3, 0.4) is 0 Å². The first-order chi connectivity index (χ1) is 17.6. The minimum absolute atomic E-state index is 0.161. The van der Waals surface area contributed by atoms with Crippen molar-refractivity contribution in [2.45, 2.75) is 89.1 Å². The van der Waals surface area contributed by atoms with Gasteiger partial charge in [-0.1, -0.05) is 37.8 Å². The smallest absolute Gasteiger partial charge is 0.317 e. The second-order valence-corrected chi connectivity index (χ2v) is 12.4. The van der Waals surface area contributed by atoms with Crippen LogP contribution in [-0.2, 0) is 11.2 Å². The fraction of sp³-hybridized carbons (Fsp3) is 0.733. The van der Waals surface area contributed by atoms with Crippen LogP contribution in [0, 0.1) is 17.8 Å². The first-order valence-electron chi connectivity index (χ1n) is 14.8. The van der Waals surface area contributed by atoms with Gasteiger partial charge in [0, 0.05) is 38.1 Å². The van der Waals surface area contributed by atoms with Gasteiger partial charge in [-0.25, -0.2) is 4.98 Å². The zero-order valence-corrected chi connectivity index (χ0v) is 21.9. The van der Waals surface area contributed by atoms with E-state index >= 15 is 0 Å². The molecule has 2 saturated heterocycles. The fourth-order valence-corrected chi connectivity index (χ4v) is 8.23. The van der Waals surface area contributed by atoms with E-state index in [2.05, 4.69) is 38.6 Å². The summed E-state index contributed by atoms with van der Waals surface area (Å²) in [4.78, 5) is 21.4. The Bertz CT molecular complexity index is 1030. The standard InChI is InChI=1S/C30H44N4O2/c35-30(36)21-32-13-5-8-24(20-32)19-29-31-27-9-3-4-10-28(27)34(29)25-11-14-33(15-12-25)26-17-22-6-1-2-7-23(16-22)18-26/h3-4,9-10,22-26H,1-2,5-8,11-21H2,(H,35,36)/t22-,23+,24-,26?/m0/s1. The topological polar surface area (TPSA) is 61.6 Å². The molecule has 4 aliphatic rings. The molecule has 6 rings (SSSR count). The Balaban J connectivity index is 1.15. The highest BCUT2D eigenvalue weighted by Crippen LogP contribution is 2.41. The number of para-hydroxylation sites is 2. The highest BCUT2D eigenvalue weighted by Gasteiger charge is 2.35. The van der Waals surface area contributed by atoms with Crippen molar-refractivity contribution in [3.63, 3.8) is 0 Å². The van der Waals surface area contributed by atoms with Crippen LogP contribution >= 0.6 is 0 Å². The number of nitrogens with zero attached hydrogens (tertiary/aromatic N) is 4. The molecule has 6 heteroatoms. The predicted octanol–water partition coefficient (Wildman–Crippen LogP) is 5.37. The Hall–Kier alpha value is -1.92. The molecular weight excluding hydrogens is 448 g/mol. The van der Waals surface area contributed by atoms with Crippen LogP contribution in [0.15, 0.2) is 24.3 Å². The van der Waals surface area contributed by atoms with Gasteiger partial charge in [-0.05, 0) is 81.4 Å². The van der Waals surface area contributed by atoms with Crippen molar-refractivity contribution in [2.75, 3.05) is 32.7 Å². The zero-order chi connectivity index (χ0) is 24.5. The number of imidazole rings is 1. The van der Waals surface area contributed by atoms with E-state index in [4.69, 9.17) is 4.98 Å². The molecule has 0 amide bonds. The van der Waals surface area contributed by atoms with Crippen molar-refractivity contribution in [1.29, 1.82) is 0 Å². The van der Waals surface area contributed by atoms with Crippen LogP contribution in [0.5, 0.6) is 0 Å². The Morgan fingerprint density at radius 1 is 0.889 bits per heavy atom. The Morgan fingerprint density at radius 3 is 2.39 bits per heavy atom. The van der Waals surface area contributed by atoms with Gasteiger partial charge in [0.25, 0.3) is 0 Å². The molecule has 0 spiro atoms. The van der Waals surface area contributed by atoms with Gasteiger partial charge >= 0.3 is 5.97 Å². The maximum Gasteiger partial charge on any atom is 0.317 e. The summed E-state index contributed by atoms with van der Waals surface area (Å²) in [7, 11) is 0. The average molecular weight is 493 g/mol. The van der Waals surface area contributed by atoms with Crippen molar-refractivity contribution in [2.24, 2.45) is 17.8 Å². The molecule has 2 aliphatic carbocycles. The van der Waals surface area contributed by atoms with Crippen LogP contribution in [-0.4, -0.2) is 69.2 Å². The lowest BCUT2D eigenvalue weighted by atomic mass is 9.77. The molecule has 1 aromatic carbocycles. The molecule has 0 radical (unpaired) electrons. The quantitative estimate of drug-likeness (QED) is 0.587. The van der Waals surface area contributed by atoms with E-state index in [0.29, 0.717) is 12.0 Å². The number of aliphatic carboxylic acids is 1. The molecule has 196 valence electrons. The normalized spacial score (nSPS) is 30.9. The number of aromatic nitrogens is 2. The van der Waals surface area contributed by atoms with Crippen LogP contribution in [0.1, 0.15) is 82.5 Å². The fourth-order valence-electron chi connectivity index (χ4n) is 8.23. The molecule has 2 bridgehead atoms. The highest BCUT2D eigenvalue weighted by molar-refractivity contribution is 5.76. The van der Waals surface area contributed by atoms with Crippen molar-refractivity contribution < 1.29 is 9.90 Å². The Morgan fingerprint density at radius 2 is 1.64 bits per heavy atom. The summed E-state index contributed by atoms with van der Waals surface area (Å²) >= 11 is 0. The third-order valence-electron chi connectivity index (χ3n) is 9.83. The van der Waals surface area contributed by atoms with Gasteiger partial charge < -0.3 is 14.6 Å². The van der Waals surface area contributed by atoms with Crippen molar-refractivity contribution in [1.82, 2.24) is 19.4 Å². The van der Waals surface area contributed by atoms with Crippen LogP contribution in [0.25, 0.3) is 11.0 Å². The minimum Gasteiger partial charge on any atom is -0.480 e. The zero-order valence-electron chi connectivity index (χ0n) is 21.9. The highest BCUT2D eigenvalue weighted by atomic mass is 16.4. The molecule has 2 saturated carbocycles. The summed E-state index contributed by atoms with van der Waals surface area (Å²) in [5.41, 5.74) is 2.40. The number of carboxylic acids is 1. The third kappa shape index (κ3) is 5.35. The summed E-state index contributed by atoms with van der Waals surface area (Å²) < 4.78 is 2.59. The molecule has 4 atom stereocenters. The molecule has 1 unspecified atom stereocenters. The molecule has 3 heterocycles. The van der Waals surface area contributed by atoms with Gasteiger partial charge in [-0.15, -0.1) is 0 Å². The van der Waals surface area contributed by atoms with E-state index in [1.54, 1.807) is 0 Å². The average Bonchev–Trinajstić information content (AvgIpc) is 3.15. The number of benzene rings is 1. The largest absolute Gasteiger partial charge is 0.480 e. The van der Waals surface area contributed by atoms with Gasteiger partial charge in [-0.2, -0.15) is 0 Å². The number of likely N-dealkylation sites (tertiary alicyclic amines) is 2. The first-order valence-corrected chi connectivity index (χ1v) is 14.8. The summed E-state index contributed by atoms with van der Waals surface area (Å²) in [6.45, 7) is 4.37. The summed E-state index contributed by atoms with van der Waals surface area (Å²) in [5.74, 6) is 2.95. The van der Waals surface area contributed by atoms with Crippen molar-refractivity contribution >= 4 is 17.0 Å². The van der Waals surface area contributed by atoms with Gasteiger partial charge in [0.15, 0.2) is 0 Å². The predicted molar refractivity (Wildman–Crippen MR) is 143 cm³/mol. The van der Waals surface area contributed by atoms with Gasteiger partial charge in [0.2, 0.25) is 0 Å². The maximum absolute atomic E-state index is 11.3. The second kappa shape index (κ2) is 10.8. The monoisotopic (exact) mass is 492 g/mol. The lowest BCUT2D eigenvalue weighted by Gasteiger charge is -2.43. The SMILES string of the molecule is O=C(O)CN1CCC[C@@H](Cc2nc3ccccc3n2C2CCN(C3C[C@H]4CCCC[C@@H](C3)C4)CC2)C1. The molecule has 4 fully saturated rings. The summed E-state index contributed by atoms with van der Waals surface area (Å²) in [6, 6.07) is 10.00. The number of fused-ring (bicyclic) bond motifs is 3. The van der Waals surface area contributed by atoms with Crippen LogP contribution in [0.2, 0.25) is 0 Å². The lowest BCUT2D eigenvalue weighted by molar-refractivity contribution is -0.138. The molecule has 2 aliphatic heterocycles. The van der Waals surface area contributed by atoms with Crippen LogP contribution < -0.4 is 0 Å². The number of piperidine rings is 2. The van der Waals surface area contributed by atoms with Gasteiger partial charge in [0.1, 0.15) is 5.82 Å². The molecule has 1 N–H and O–H groups in total. The van der Waals surface area contributed by atoms with Crippen molar-refractivity contribution in [3.05, 3.63) is 30.1 Å². The van der Waals surface area contributed by atoms with E-state index in [9.17, 15) is 9.90 Å². The minimum atomic E-state index is -0.716. The summed E-state index contributed by atoms with van der Waals surface area (Å²) in [6.07, 6.45) is 15.9. The molecule has 1 aromatic heterocycles. The maximum atomic E-state index is 11.3. The number of hydrogen-bond acceptors (Lipinski definition) is 4. The van der Waals surface area contributed by atoms with Gasteiger partial charge in [-0.3, -0.25) is 9.69 Å². The second-order valence-electron chi connectivity index (χ2n) is 12.4. The van der Waals surface area contributed by atoms with E-state index in [1.807, 2.05) is 0 Å². The third-order valence-corrected chi connectivity index (χ3v) is 9.83. The van der Waals surface area contributed by atoms with E-state index in [1.165, 1.54) is 88.6 Å². The molecule has 6 nitrogen and oxygen atoms in total. The number of carboxylic acid groups (broad SMARTS) is 1. The van der Waals surface area contributed by atoms with E-state index in [-0.39, 0.29) is 6.54 Å². The number of carbonyl (C=O) groups is 1. The lowest BCUT2D eigenvalue weighted by Crippen LogP contribution is -2.45. The summed E-state index contributed by atoms with van der Waals surface area (Å²) in [5, 5.41) is 9.26. The first kappa shape index (κ1) is 24.4.